The first-order valence-corrected chi connectivity index (χ1v) is 43.7. The zero-order valence-electron chi connectivity index (χ0n) is 72.3. The monoisotopic (exact) mass is 1740 g/mol. The van der Waals surface area contributed by atoms with Crippen LogP contribution in [-0.4, -0.2) is 139 Å². The number of halogens is 9. The highest BCUT2D eigenvalue weighted by atomic mass is 19.4. The number of carboxylic acid groups (broad SMARTS) is 2. The van der Waals surface area contributed by atoms with Gasteiger partial charge in [-0.15, -0.1) is 6.29 Å². The molecule has 0 fully saturated rings. The van der Waals surface area contributed by atoms with Crippen molar-refractivity contribution in [3.05, 3.63) is 287 Å². The molecule has 0 saturated carbocycles. The molecule has 23 N–H and O–H groups in total. The topological polar surface area (TPSA) is 390 Å². The normalized spacial score (nSPS) is 12.3. The molecule has 0 aliphatic heterocycles. The third-order valence-electron chi connectivity index (χ3n) is 20.8. The van der Waals surface area contributed by atoms with E-state index >= 15 is 0 Å². The first-order chi connectivity index (χ1) is 59.4. The maximum Gasteiger partial charge on any atom is 0.430 e. The molecule has 8 aromatic rings. The summed E-state index contributed by atoms with van der Waals surface area (Å²) in [5.41, 5.74) is 54.6. The van der Waals surface area contributed by atoms with Crippen LogP contribution in [0.4, 0.5) is 39.5 Å². The maximum absolute atomic E-state index is 10.6. The Kier molecular flexibility index (Phi) is 62.7. The Bertz CT molecular complexity index is 3580. The van der Waals surface area contributed by atoms with Gasteiger partial charge < -0.3 is 97.2 Å². The zero-order valence-corrected chi connectivity index (χ0v) is 72.3. The molecule has 0 amide bonds. The Morgan fingerprint density at radius 3 is 0.895 bits per heavy atom. The Balaban J connectivity index is 0.000000518. The molecule has 124 heavy (non-hydrogen) atoms. The van der Waals surface area contributed by atoms with Crippen molar-refractivity contribution >= 4 is 11.9 Å². The largest absolute Gasteiger partial charge is 0.859 e. The number of carbonyl (C=O) groups excluding carboxylic acids is 2. The molecule has 0 heterocycles. The van der Waals surface area contributed by atoms with Gasteiger partial charge in [0, 0.05) is 49.5 Å². The maximum atomic E-state index is 10.6. The van der Waals surface area contributed by atoms with Gasteiger partial charge in [-0.3, -0.25) is 0 Å². The first-order valence-electron chi connectivity index (χ1n) is 43.7. The minimum atomic E-state index is -5.19. The van der Waals surface area contributed by atoms with Gasteiger partial charge in [-0.25, -0.2) is 0 Å². The minimum Gasteiger partial charge on any atom is -0.859 e. The smallest absolute Gasteiger partial charge is 0.430 e. The van der Waals surface area contributed by atoms with Gasteiger partial charge >= 0.3 is 18.5 Å². The fourth-order valence-corrected chi connectivity index (χ4v) is 13.3. The van der Waals surface area contributed by atoms with Crippen LogP contribution in [0.3, 0.4) is 0 Å². The molecular formula is C97H142F9N12O6-. The van der Waals surface area contributed by atoms with Gasteiger partial charge in [-0.1, -0.05) is 243 Å². The molecule has 0 unspecified atom stereocenters. The van der Waals surface area contributed by atoms with Crippen molar-refractivity contribution in [3.63, 3.8) is 0 Å². The third kappa shape index (κ3) is 61.8. The van der Waals surface area contributed by atoms with E-state index in [0.29, 0.717) is 37.0 Å². The van der Waals surface area contributed by atoms with Gasteiger partial charge in [0.15, 0.2) is 0 Å². The fourth-order valence-electron chi connectivity index (χ4n) is 13.3. The molecule has 8 aromatic carbocycles. The lowest BCUT2D eigenvalue weighted by atomic mass is 9.93. The summed E-state index contributed by atoms with van der Waals surface area (Å²) in [6.07, 6.45) is 8.00. The average Bonchev–Trinajstić information content (AvgIpc) is 0.949. The molecular weight excluding hydrogens is 1600 g/mol. The van der Waals surface area contributed by atoms with Crippen molar-refractivity contribution in [1.82, 2.24) is 16.0 Å². The standard InChI is InChI=1S/3C23H35N3.C22H33N3.3C2HF3O2/c24-18-23(25)12-7-17-26-19-22(15-13-20-8-3-1-4-9-20)16-14-21-10-5-2-6-11-21;24-17-7-12-23(25)19-26-18-22(15-13-20-8-3-1-4-9-20)16-14-21-10-5-2-6-11-21;24-17-15-23(25)16-18-26-19-22(13-11-20-7-3-1-4-8-20)14-12-21-9-5-2-6-10-21;23-17-15-21(24)16-18-25-22(13-11-19-7-3-1-4-8-19)14-12-20-9-5-2-6-10-20;3*3-2(4,5)1(6)7/h2*1-6,8-11,22-23,26H,7,12-19,24-25H2;1-10,22-23,26H,11-19,24-25H2;1-10,21-22,25H,11-18,23-24H2;2*(H,6,7);1H/q;;;;;;-2/p+1/t3*23-;21-;;;/m0000.../s1. The summed E-state index contributed by atoms with van der Waals surface area (Å²) in [6, 6.07) is 88.2. The molecule has 27 heteroatoms. The molecule has 0 aliphatic carbocycles. The van der Waals surface area contributed by atoms with Crippen molar-refractivity contribution in [2.24, 2.45) is 52.2 Å². The minimum absolute atomic E-state index is 0.210. The van der Waals surface area contributed by atoms with Gasteiger partial charge in [-0.05, 0) is 243 Å². The van der Waals surface area contributed by atoms with Crippen molar-refractivity contribution in [3.8, 4) is 0 Å². The summed E-state index contributed by atoms with van der Waals surface area (Å²) >= 11 is 0. The van der Waals surface area contributed by atoms with E-state index in [1.807, 2.05) is 0 Å². The molecule has 4 atom stereocenters. The third-order valence-corrected chi connectivity index (χ3v) is 20.8. The van der Waals surface area contributed by atoms with E-state index in [1.54, 1.807) is 0 Å². The van der Waals surface area contributed by atoms with Crippen LogP contribution in [0.1, 0.15) is 147 Å². The van der Waals surface area contributed by atoms with Crippen LogP contribution in [0.15, 0.2) is 243 Å². The first kappa shape index (κ1) is 112. The fraction of sp³-hybridized carbons (Fsp3) is 0.485. The summed E-state index contributed by atoms with van der Waals surface area (Å²) < 4.78 is 94.8. The number of rotatable bonds is 51. The second kappa shape index (κ2) is 69.7. The highest BCUT2D eigenvalue weighted by molar-refractivity contribution is 5.71. The van der Waals surface area contributed by atoms with Crippen LogP contribution in [0, 0.1) is 17.8 Å². The van der Waals surface area contributed by atoms with E-state index in [-0.39, 0.29) is 18.1 Å². The number of nitrogens with two attached hydrogens (primary N) is 7. The molecule has 0 saturated heterocycles. The molecule has 0 bridgehead atoms. The number of benzene rings is 8. The van der Waals surface area contributed by atoms with E-state index in [9.17, 15) is 39.5 Å². The number of hydrogen-bond donors (Lipinski definition) is 12. The highest BCUT2D eigenvalue weighted by Crippen LogP contribution is 2.22. The SMILES string of the molecule is NCCC[C@H](N)CNCC(CCc1ccccc1)CCc1ccccc1.NCC[C@H](N)CCNC(CCc1ccccc1)CCc1ccccc1.NCC[C@H](N)CCNCC(CCc1ccccc1)CCc1ccccc1.O=C([O-])C(F)(F)F.O=C([O-])C(F)(F)F.[NH3+]C[C@@H]([NH3+])CCC[NH2+]CC(CCc1ccccc1)CCc1ccccc1.[O-]C([O-])C(F)(F)F. The van der Waals surface area contributed by atoms with Crippen molar-refractivity contribution in [2.45, 2.75) is 209 Å². The van der Waals surface area contributed by atoms with Crippen LogP contribution in [0.5, 0.6) is 0 Å². The van der Waals surface area contributed by atoms with Crippen LogP contribution in [0.25, 0.3) is 0 Å². The lowest BCUT2D eigenvalue weighted by Gasteiger charge is -2.30. The Morgan fingerprint density at radius 1 is 0.355 bits per heavy atom. The number of carboxylic acids is 2. The number of carbonyl (C=O) groups is 2. The molecule has 0 aromatic heterocycles. The summed E-state index contributed by atoms with van der Waals surface area (Å²) in [5, 5.41) is 48.8. The van der Waals surface area contributed by atoms with Crippen LogP contribution in [-0.2, 0) is 61.0 Å². The van der Waals surface area contributed by atoms with E-state index in [4.69, 9.17) is 64.4 Å². The van der Waals surface area contributed by atoms with E-state index in [0.717, 1.165) is 142 Å². The van der Waals surface area contributed by atoms with Gasteiger partial charge in [0.05, 0.1) is 13.1 Å². The van der Waals surface area contributed by atoms with Crippen molar-refractivity contribution in [2.75, 3.05) is 72.0 Å². The van der Waals surface area contributed by atoms with Gasteiger partial charge in [0.1, 0.15) is 24.5 Å². The van der Waals surface area contributed by atoms with Crippen LogP contribution in [0.2, 0.25) is 0 Å². The van der Waals surface area contributed by atoms with Gasteiger partial charge in [0.2, 0.25) is 0 Å². The number of alkyl halides is 9. The Labute approximate surface area is 731 Å². The predicted molar refractivity (Wildman–Crippen MR) is 472 cm³/mol. The van der Waals surface area contributed by atoms with Crippen LogP contribution < -0.4 is 87.6 Å². The van der Waals surface area contributed by atoms with E-state index in [2.05, 4.69) is 275 Å². The summed E-state index contributed by atoms with van der Waals surface area (Å²) in [6.45, 7) is 10.4. The van der Waals surface area contributed by atoms with E-state index < -0.39 is 36.8 Å². The van der Waals surface area contributed by atoms with E-state index in [1.165, 1.54) is 122 Å². The van der Waals surface area contributed by atoms with Crippen LogP contribution >= 0.6 is 0 Å². The number of nitrogens with one attached hydrogen (secondary N) is 3. The number of quaternary nitrogens is 3. The molecule has 0 radical (unpaired) electrons. The molecule has 8 rings (SSSR count). The average molecular weight is 1740 g/mol. The highest BCUT2D eigenvalue weighted by Gasteiger charge is 2.30. The predicted octanol–water partition coefficient (Wildman–Crippen LogP) is 8.58. The molecule has 0 spiro atoms. The number of hydrogen-bond acceptors (Lipinski definition) is 15. The summed E-state index contributed by atoms with van der Waals surface area (Å²) in [5.74, 6) is -3.89. The van der Waals surface area contributed by atoms with Crippen molar-refractivity contribution in [1.29, 1.82) is 0 Å². The molecule has 18 nitrogen and oxygen atoms in total. The lowest BCUT2D eigenvalue weighted by Crippen LogP contribution is -2.85. The second-order valence-corrected chi connectivity index (χ2v) is 31.3. The quantitative estimate of drug-likeness (QED) is 0.00964. The second-order valence-electron chi connectivity index (χ2n) is 31.3. The Hall–Kier alpha value is -8.49. The molecule has 0 aliphatic rings. The Morgan fingerprint density at radius 2 is 0.629 bits per heavy atom. The number of aryl methyl sites for hydroxylation is 8. The van der Waals surface area contributed by atoms with Crippen molar-refractivity contribution < 1.29 is 86.3 Å². The summed E-state index contributed by atoms with van der Waals surface area (Å²) in [4.78, 5) is 17.6. The zero-order chi connectivity index (χ0) is 91.3. The lowest BCUT2D eigenvalue weighted by molar-refractivity contribution is -0.698. The van der Waals surface area contributed by atoms with Gasteiger partial charge in [0.25, 0.3) is 0 Å². The summed E-state index contributed by atoms with van der Waals surface area (Å²) in [7, 11) is 0. The molecule has 690 valence electrons. The number of aliphatic carboxylic acids is 2. The van der Waals surface area contributed by atoms with Gasteiger partial charge in [-0.2, -0.15) is 39.5 Å².